The molecular formula is C12H14ClN3O2S. The molecule has 5 nitrogen and oxygen atoms in total. The van der Waals surface area contributed by atoms with Gasteiger partial charge in [-0.2, -0.15) is 9.40 Å². The van der Waals surface area contributed by atoms with E-state index < -0.39 is 10.0 Å². The van der Waals surface area contributed by atoms with E-state index in [0.717, 1.165) is 5.56 Å². The maximum Gasteiger partial charge on any atom is 0.246 e. The Labute approximate surface area is 117 Å². The first kappa shape index (κ1) is 14.0. The van der Waals surface area contributed by atoms with Crippen molar-refractivity contribution < 1.29 is 8.42 Å². The Bertz CT molecular complexity index is 638. The van der Waals surface area contributed by atoms with Crippen LogP contribution in [0.2, 0.25) is 5.02 Å². The second-order valence-electron chi connectivity index (χ2n) is 4.18. The average Bonchev–Trinajstić information content (AvgIpc) is 2.92. The van der Waals surface area contributed by atoms with Gasteiger partial charge in [0.2, 0.25) is 10.0 Å². The standard InChI is InChI=1S/C12H14ClN3O2S/c1-9(10-3-5-11(13)6-4-10)16(2)19(17,18)12-7-14-15-8-12/h3-9H,1-2H3,(H,14,15). The first-order valence-electron chi connectivity index (χ1n) is 5.65. The Balaban J connectivity index is 2.29. The lowest BCUT2D eigenvalue weighted by atomic mass is 10.1. The largest absolute Gasteiger partial charge is 0.284 e. The summed E-state index contributed by atoms with van der Waals surface area (Å²) in [6, 6.07) is 6.82. The molecule has 0 aliphatic carbocycles. The van der Waals surface area contributed by atoms with Gasteiger partial charge in [-0.3, -0.25) is 5.10 Å². The summed E-state index contributed by atoms with van der Waals surface area (Å²) in [5, 5.41) is 6.79. The number of sulfonamides is 1. The Kier molecular flexibility index (Phi) is 3.93. The summed E-state index contributed by atoms with van der Waals surface area (Å²) in [5.74, 6) is 0. The molecule has 102 valence electrons. The van der Waals surface area contributed by atoms with Crippen LogP contribution in [-0.4, -0.2) is 30.0 Å². The summed E-state index contributed by atoms with van der Waals surface area (Å²) in [6.07, 6.45) is 2.65. The first-order valence-corrected chi connectivity index (χ1v) is 7.47. The fourth-order valence-electron chi connectivity index (χ4n) is 1.71. The van der Waals surface area contributed by atoms with E-state index in [1.807, 2.05) is 19.1 Å². The van der Waals surface area contributed by atoms with Crippen LogP contribution in [0.5, 0.6) is 0 Å². The second kappa shape index (κ2) is 5.32. The second-order valence-corrected chi connectivity index (χ2v) is 6.62. The van der Waals surface area contributed by atoms with Crippen molar-refractivity contribution in [3.05, 3.63) is 47.2 Å². The van der Waals surface area contributed by atoms with E-state index in [2.05, 4.69) is 10.2 Å². The number of H-pyrrole nitrogens is 1. The van der Waals surface area contributed by atoms with Crippen molar-refractivity contribution in [2.75, 3.05) is 7.05 Å². The number of hydrogen-bond acceptors (Lipinski definition) is 3. The quantitative estimate of drug-likeness (QED) is 0.943. The lowest BCUT2D eigenvalue weighted by molar-refractivity contribution is 0.398. The van der Waals surface area contributed by atoms with Crippen LogP contribution in [0.3, 0.4) is 0 Å². The van der Waals surface area contributed by atoms with Gasteiger partial charge >= 0.3 is 0 Å². The zero-order valence-electron chi connectivity index (χ0n) is 10.5. The van der Waals surface area contributed by atoms with E-state index in [-0.39, 0.29) is 10.9 Å². The van der Waals surface area contributed by atoms with Crippen molar-refractivity contribution >= 4 is 21.6 Å². The van der Waals surface area contributed by atoms with Crippen LogP contribution in [-0.2, 0) is 10.0 Å². The van der Waals surface area contributed by atoms with Gasteiger partial charge in [-0.1, -0.05) is 23.7 Å². The van der Waals surface area contributed by atoms with Crippen LogP contribution < -0.4 is 0 Å². The summed E-state index contributed by atoms with van der Waals surface area (Å²) in [6.45, 7) is 1.82. The fourth-order valence-corrected chi connectivity index (χ4v) is 3.09. The number of aromatic amines is 1. The van der Waals surface area contributed by atoms with Gasteiger partial charge in [-0.15, -0.1) is 0 Å². The number of rotatable bonds is 4. The predicted molar refractivity (Wildman–Crippen MR) is 73.4 cm³/mol. The summed E-state index contributed by atoms with van der Waals surface area (Å²) < 4.78 is 25.9. The molecule has 0 bridgehead atoms. The minimum Gasteiger partial charge on any atom is -0.284 e. The monoisotopic (exact) mass is 299 g/mol. The lowest BCUT2D eigenvalue weighted by Crippen LogP contribution is -2.29. The van der Waals surface area contributed by atoms with Gasteiger partial charge in [0.1, 0.15) is 4.90 Å². The molecule has 0 fully saturated rings. The van der Waals surface area contributed by atoms with Crippen molar-refractivity contribution in [3.63, 3.8) is 0 Å². The SMILES string of the molecule is CC(c1ccc(Cl)cc1)N(C)S(=O)(=O)c1cn[nH]c1. The summed E-state index contributed by atoms with van der Waals surface area (Å²) in [4.78, 5) is 0.149. The topological polar surface area (TPSA) is 66.1 Å². The molecule has 1 aromatic carbocycles. The number of halogens is 1. The highest BCUT2D eigenvalue weighted by atomic mass is 35.5. The molecule has 0 saturated heterocycles. The molecule has 0 saturated carbocycles. The Morgan fingerprint density at radius 2 is 1.95 bits per heavy atom. The van der Waals surface area contributed by atoms with E-state index >= 15 is 0 Å². The maximum absolute atomic E-state index is 12.3. The molecule has 7 heteroatoms. The van der Waals surface area contributed by atoms with Crippen LogP contribution >= 0.6 is 11.6 Å². The van der Waals surface area contributed by atoms with Crippen LogP contribution in [0.15, 0.2) is 41.6 Å². The smallest absolute Gasteiger partial charge is 0.246 e. The van der Waals surface area contributed by atoms with Gasteiger partial charge in [-0.05, 0) is 24.6 Å². The van der Waals surface area contributed by atoms with Crippen LogP contribution in [0, 0.1) is 0 Å². The number of nitrogens with one attached hydrogen (secondary N) is 1. The Hall–Kier alpha value is -1.37. The summed E-state index contributed by atoms with van der Waals surface area (Å²) in [5.41, 5.74) is 0.874. The third-order valence-electron chi connectivity index (χ3n) is 3.05. The highest BCUT2D eigenvalue weighted by Gasteiger charge is 2.26. The first-order chi connectivity index (χ1) is 8.93. The summed E-state index contributed by atoms with van der Waals surface area (Å²) >= 11 is 5.82. The third-order valence-corrected chi connectivity index (χ3v) is 5.19. The number of nitrogens with zero attached hydrogens (tertiary/aromatic N) is 2. The van der Waals surface area contributed by atoms with Crippen LogP contribution in [0.25, 0.3) is 0 Å². The van der Waals surface area contributed by atoms with Crippen molar-refractivity contribution in [2.24, 2.45) is 0 Å². The van der Waals surface area contributed by atoms with Crippen LogP contribution in [0.1, 0.15) is 18.5 Å². The summed E-state index contributed by atoms with van der Waals surface area (Å²) in [7, 11) is -2.00. The van der Waals surface area contributed by atoms with E-state index in [0.29, 0.717) is 5.02 Å². The Morgan fingerprint density at radius 1 is 1.32 bits per heavy atom. The molecule has 1 N–H and O–H groups in total. The molecule has 0 spiro atoms. The minimum absolute atomic E-state index is 0.149. The van der Waals surface area contributed by atoms with Crippen molar-refractivity contribution in [3.8, 4) is 0 Å². The molecule has 0 amide bonds. The molecule has 2 aromatic rings. The van der Waals surface area contributed by atoms with E-state index in [4.69, 9.17) is 11.6 Å². The number of hydrogen-bond donors (Lipinski definition) is 1. The normalized spacial score (nSPS) is 13.7. The molecule has 2 rings (SSSR count). The van der Waals surface area contributed by atoms with Gasteiger partial charge in [0.25, 0.3) is 0 Å². The van der Waals surface area contributed by atoms with Gasteiger partial charge in [0, 0.05) is 24.3 Å². The molecule has 0 radical (unpaired) electrons. The minimum atomic E-state index is -3.55. The molecule has 1 aromatic heterocycles. The molecule has 1 unspecified atom stereocenters. The highest BCUT2D eigenvalue weighted by Crippen LogP contribution is 2.25. The van der Waals surface area contributed by atoms with Gasteiger partial charge in [0.15, 0.2) is 0 Å². The number of benzene rings is 1. The zero-order chi connectivity index (χ0) is 14.0. The molecule has 1 heterocycles. The Morgan fingerprint density at radius 3 is 2.47 bits per heavy atom. The maximum atomic E-state index is 12.3. The molecule has 0 aliphatic heterocycles. The molecule has 0 aliphatic rings. The fraction of sp³-hybridized carbons (Fsp3) is 0.250. The van der Waals surface area contributed by atoms with E-state index in [1.54, 1.807) is 19.2 Å². The van der Waals surface area contributed by atoms with Gasteiger partial charge in [-0.25, -0.2) is 8.42 Å². The van der Waals surface area contributed by atoms with Crippen molar-refractivity contribution in [1.29, 1.82) is 0 Å². The van der Waals surface area contributed by atoms with Gasteiger partial charge in [0.05, 0.1) is 6.20 Å². The van der Waals surface area contributed by atoms with Crippen molar-refractivity contribution in [1.82, 2.24) is 14.5 Å². The number of aromatic nitrogens is 2. The lowest BCUT2D eigenvalue weighted by Gasteiger charge is -2.24. The predicted octanol–water partition coefficient (Wildman–Crippen LogP) is 2.44. The van der Waals surface area contributed by atoms with Crippen molar-refractivity contribution in [2.45, 2.75) is 17.9 Å². The van der Waals surface area contributed by atoms with Crippen LogP contribution in [0.4, 0.5) is 0 Å². The molecule has 1 atom stereocenters. The van der Waals surface area contributed by atoms with Gasteiger partial charge < -0.3 is 0 Å². The highest BCUT2D eigenvalue weighted by molar-refractivity contribution is 7.89. The molecular weight excluding hydrogens is 286 g/mol. The average molecular weight is 300 g/mol. The van der Waals surface area contributed by atoms with E-state index in [1.165, 1.54) is 16.7 Å². The zero-order valence-corrected chi connectivity index (χ0v) is 12.1. The third kappa shape index (κ3) is 2.80. The molecule has 19 heavy (non-hydrogen) atoms. The van der Waals surface area contributed by atoms with E-state index in [9.17, 15) is 8.42 Å².